The fraction of sp³-hybridized carbons (Fsp3) is 0.833. The number of carbonyl (C=O) groups is 2. The molecule has 3 fully saturated rings. The summed E-state index contributed by atoms with van der Waals surface area (Å²) in [5, 5.41) is 0. The SMILES string of the molecule is COC1C(=O)C[C@H]2CC(=O)[C@@H]3CCC[C@]123. The number of methoxy groups -OCH3 is 1. The van der Waals surface area contributed by atoms with Gasteiger partial charge in [0.25, 0.3) is 0 Å². The van der Waals surface area contributed by atoms with E-state index in [-0.39, 0.29) is 29.1 Å². The first-order chi connectivity index (χ1) is 7.20. The molecule has 3 rings (SSSR count). The molecule has 4 atom stereocenters. The number of Topliss-reactive ketones (excluding diaryl/α,β-unsaturated/α-hetero) is 2. The van der Waals surface area contributed by atoms with Crippen LogP contribution in [-0.4, -0.2) is 24.8 Å². The van der Waals surface area contributed by atoms with Crippen molar-refractivity contribution in [3.05, 3.63) is 0 Å². The van der Waals surface area contributed by atoms with Crippen molar-refractivity contribution >= 4 is 11.6 Å². The summed E-state index contributed by atoms with van der Waals surface area (Å²) in [6.07, 6.45) is 3.97. The van der Waals surface area contributed by atoms with Crippen molar-refractivity contribution in [1.82, 2.24) is 0 Å². The van der Waals surface area contributed by atoms with E-state index in [9.17, 15) is 9.59 Å². The maximum atomic E-state index is 11.9. The highest BCUT2D eigenvalue weighted by Gasteiger charge is 2.66. The Labute approximate surface area is 89.2 Å². The van der Waals surface area contributed by atoms with Crippen LogP contribution in [0.25, 0.3) is 0 Å². The quantitative estimate of drug-likeness (QED) is 0.653. The molecule has 15 heavy (non-hydrogen) atoms. The number of ketones is 2. The summed E-state index contributed by atoms with van der Waals surface area (Å²) < 4.78 is 5.39. The van der Waals surface area contributed by atoms with Gasteiger partial charge in [0, 0.05) is 31.3 Å². The van der Waals surface area contributed by atoms with Crippen LogP contribution in [0.4, 0.5) is 0 Å². The Bertz CT molecular complexity index is 336. The van der Waals surface area contributed by atoms with Crippen molar-refractivity contribution in [2.75, 3.05) is 7.11 Å². The second kappa shape index (κ2) is 2.91. The van der Waals surface area contributed by atoms with E-state index in [0.29, 0.717) is 18.6 Å². The van der Waals surface area contributed by atoms with E-state index in [4.69, 9.17) is 4.74 Å². The van der Waals surface area contributed by atoms with Crippen LogP contribution in [0, 0.1) is 17.3 Å². The number of rotatable bonds is 1. The van der Waals surface area contributed by atoms with Gasteiger partial charge in [-0.05, 0) is 18.8 Å². The van der Waals surface area contributed by atoms with Crippen LogP contribution in [0.15, 0.2) is 0 Å². The van der Waals surface area contributed by atoms with E-state index in [1.54, 1.807) is 7.11 Å². The first-order valence-electron chi connectivity index (χ1n) is 5.78. The van der Waals surface area contributed by atoms with Crippen LogP contribution >= 0.6 is 0 Å². The molecule has 0 aromatic carbocycles. The lowest BCUT2D eigenvalue weighted by molar-refractivity contribution is -0.133. The Morgan fingerprint density at radius 1 is 1.27 bits per heavy atom. The summed E-state index contributed by atoms with van der Waals surface area (Å²) in [6, 6.07) is 0. The molecule has 0 amide bonds. The third kappa shape index (κ3) is 0.949. The van der Waals surface area contributed by atoms with Crippen LogP contribution in [0.3, 0.4) is 0 Å². The number of hydrogen-bond acceptors (Lipinski definition) is 3. The van der Waals surface area contributed by atoms with Gasteiger partial charge in [-0.25, -0.2) is 0 Å². The van der Waals surface area contributed by atoms with E-state index in [0.717, 1.165) is 19.3 Å². The Morgan fingerprint density at radius 2 is 2.00 bits per heavy atom. The predicted octanol–water partition coefficient (Wildman–Crippen LogP) is 1.35. The van der Waals surface area contributed by atoms with Crippen molar-refractivity contribution in [2.24, 2.45) is 17.3 Å². The van der Waals surface area contributed by atoms with E-state index in [2.05, 4.69) is 0 Å². The minimum absolute atomic E-state index is 0.0943. The van der Waals surface area contributed by atoms with Gasteiger partial charge in [-0.2, -0.15) is 0 Å². The molecule has 0 heterocycles. The second-order valence-electron chi connectivity index (χ2n) is 5.21. The van der Waals surface area contributed by atoms with Crippen molar-refractivity contribution in [2.45, 2.75) is 38.2 Å². The standard InChI is InChI=1S/C12H16O3/c1-15-11-10(14)6-7-5-9(13)8-3-2-4-12(7,8)11/h7-8,11H,2-6H2,1H3/t7-,8+,11?,12+/m1/s1. The van der Waals surface area contributed by atoms with Gasteiger partial charge in [-0.15, -0.1) is 0 Å². The summed E-state index contributed by atoms with van der Waals surface area (Å²) >= 11 is 0. The summed E-state index contributed by atoms with van der Waals surface area (Å²) in [6.45, 7) is 0. The van der Waals surface area contributed by atoms with Crippen molar-refractivity contribution < 1.29 is 14.3 Å². The average molecular weight is 208 g/mol. The molecule has 0 N–H and O–H groups in total. The molecule has 0 bridgehead atoms. The highest BCUT2D eigenvalue weighted by atomic mass is 16.5. The zero-order valence-electron chi connectivity index (χ0n) is 8.99. The second-order valence-corrected chi connectivity index (χ2v) is 5.21. The third-order valence-corrected chi connectivity index (χ3v) is 4.81. The van der Waals surface area contributed by atoms with Gasteiger partial charge in [0.2, 0.25) is 0 Å². The smallest absolute Gasteiger partial charge is 0.162 e. The lowest BCUT2D eigenvalue weighted by atomic mass is 9.74. The van der Waals surface area contributed by atoms with Crippen LogP contribution in [0.1, 0.15) is 32.1 Å². The van der Waals surface area contributed by atoms with Crippen molar-refractivity contribution in [3.63, 3.8) is 0 Å². The molecular weight excluding hydrogens is 192 g/mol. The molecule has 82 valence electrons. The summed E-state index contributed by atoms with van der Waals surface area (Å²) in [4.78, 5) is 23.7. The highest BCUT2D eigenvalue weighted by Crippen LogP contribution is 2.63. The molecule has 0 saturated heterocycles. The Kier molecular flexibility index (Phi) is 1.85. The molecule has 3 heteroatoms. The molecular formula is C12H16O3. The monoisotopic (exact) mass is 208 g/mol. The summed E-state index contributed by atoms with van der Waals surface area (Å²) in [5.41, 5.74) is -0.0943. The first kappa shape index (κ1) is 9.52. The van der Waals surface area contributed by atoms with Crippen molar-refractivity contribution in [3.8, 4) is 0 Å². The van der Waals surface area contributed by atoms with E-state index >= 15 is 0 Å². The van der Waals surface area contributed by atoms with Crippen LogP contribution < -0.4 is 0 Å². The maximum absolute atomic E-state index is 11.9. The number of carbonyl (C=O) groups excluding carboxylic acids is 2. The molecule has 0 aliphatic heterocycles. The third-order valence-electron chi connectivity index (χ3n) is 4.81. The fourth-order valence-electron chi connectivity index (χ4n) is 4.37. The molecule has 1 unspecified atom stereocenters. The van der Waals surface area contributed by atoms with Gasteiger partial charge < -0.3 is 4.74 Å². The molecule has 1 spiro atoms. The molecule has 3 saturated carbocycles. The van der Waals surface area contributed by atoms with E-state index in [1.807, 2.05) is 0 Å². The Morgan fingerprint density at radius 3 is 2.73 bits per heavy atom. The van der Waals surface area contributed by atoms with E-state index < -0.39 is 0 Å². The molecule has 0 aromatic heterocycles. The summed E-state index contributed by atoms with van der Waals surface area (Å²) in [5.74, 6) is 1.02. The molecule has 0 radical (unpaired) electrons. The van der Waals surface area contributed by atoms with Crippen LogP contribution in [-0.2, 0) is 14.3 Å². The largest absolute Gasteiger partial charge is 0.373 e. The lowest BCUT2D eigenvalue weighted by Gasteiger charge is -2.33. The van der Waals surface area contributed by atoms with Gasteiger partial charge in [0.15, 0.2) is 5.78 Å². The normalized spacial score (nSPS) is 48.5. The van der Waals surface area contributed by atoms with Gasteiger partial charge in [0.05, 0.1) is 0 Å². The molecule has 3 aliphatic carbocycles. The zero-order valence-corrected chi connectivity index (χ0v) is 8.99. The van der Waals surface area contributed by atoms with Crippen molar-refractivity contribution in [1.29, 1.82) is 0 Å². The predicted molar refractivity (Wildman–Crippen MR) is 53.3 cm³/mol. The minimum Gasteiger partial charge on any atom is -0.373 e. The highest BCUT2D eigenvalue weighted by molar-refractivity contribution is 5.94. The topological polar surface area (TPSA) is 43.4 Å². The minimum atomic E-state index is -0.290. The Balaban J connectivity index is 2.06. The fourth-order valence-corrected chi connectivity index (χ4v) is 4.37. The van der Waals surface area contributed by atoms with Crippen LogP contribution in [0.2, 0.25) is 0 Å². The molecule has 3 aliphatic rings. The number of ether oxygens (including phenoxy) is 1. The van der Waals surface area contributed by atoms with E-state index in [1.165, 1.54) is 0 Å². The maximum Gasteiger partial charge on any atom is 0.162 e. The van der Waals surface area contributed by atoms with Gasteiger partial charge in [-0.3, -0.25) is 9.59 Å². The zero-order chi connectivity index (χ0) is 10.6. The summed E-state index contributed by atoms with van der Waals surface area (Å²) in [7, 11) is 1.61. The lowest BCUT2D eigenvalue weighted by Crippen LogP contribution is -2.39. The van der Waals surface area contributed by atoms with Gasteiger partial charge >= 0.3 is 0 Å². The van der Waals surface area contributed by atoms with Gasteiger partial charge in [0.1, 0.15) is 11.9 Å². The molecule has 3 nitrogen and oxygen atoms in total. The number of hydrogen-bond donors (Lipinski definition) is 0. The first-order valence-corrected chi connectivity index (χ1v) is 5.78. The Hall–Kier alpha value is -0.700. The molecule has 0 aromatic rings. The average Bonchev–Trinajstić information content (AvgIpc) is 2.77. The van der Waals surface area contributed by atoms with Crippen LogP contribution in [0.5, 0.6) is 0 Å². The van der Waals surface area contributed by atoms with Gasteiger partial charge in [-0.1, -0.05) is 6.42 Å².